The first-order chi connectivity index (χ1) is 9.77. The van der Waals surface area contributed by atoms with E-state index in [0.717, 1.165) is 18.4 Å². The summed E-state index contributed by atoms with van der Waals surface area (Å²) in [7, 11) is -2.27. The van der Waals surface area contributed by atoms with Gasteiger partial charge in [-0.2, -0.15) is 0 Å². The van der Waals surface area contributed by atoms with E-state index >= 15 is 0 Å². The third-order valence-corrected chi connectivity index (χ3v) is 5.20. The van der Waals surface area contributed by atoms with E-state index in [9.17, 15) is 8.42 Å². The van der Waals surface area contributed by atoms with E-state index in [-0.39, 0.29) is 17.2 Å². The third-order valence-electron chi connectivity index (χ3n) is 3.78. The number of nitrogens with one attached hydrogen (secondary N) is 1. The Morgan fingerprint density at radius 3 is 2.76 bits per heavy atom. The highest BCUT2D eigenvalue weighted by atomic mass is 32.2. The summed E-state index contributed by atoms with van der Waals surface area (Å²) in [6.45, 7) is 4.60. The molecule has 1 heterocycles. The van der Waals surface area contributed by atoms with Crippen LogP contribution in [-0.4, -0.2) is 34.3 Å². The van der Waals surface area contributed by atoms with Gasteiger partial charge in [-0.1, -0.05) is 0 Å². The molecule has 1 aliphatic rings. The van der Waals surface area contributed by atoms with Crippen molar-refractivity contribution in [3.05, 3.63) is 17.7 Å². The Kier molecular flexibility index (Phi) is 4.46. The average Bonchev–Trinajstić information content (AvgIpc) is 2.87. The van der Waals surface area contributed by atoms with Gasteiger partial charge in [0, 0.05) is 18.8 Å². The van der Waals surface area contributed by atoms with E-state index in [1.54, 1.807) is 13.0 Å². The van der Waals surface area contributed by atoms with Gasteiger partial charge >= 0.3 is 0 Å². The summed E-state index contributed by atoms with van der Waals surface area (Å²) in [5, 5.41) is 0. The van der Waals surface area contributed by atoms with Gasteiger partial charge in [0.25, 0.3) is 0 Å². The standard InChI is InChI=1S/C14H22N2O4S/c1-10-7-12(19-3)13(8-11(10)15)21(17,18)16-9-14(2)5-4-6-20-14/h7-8,16H,4-6,9,15H2,1-3H3. The number of nitrogen functional groups attached to an aromatic ring is 1. The number of hydrogen-bond donors (Lipinski definition) is 2. The molecule has 1 aromatic rings. The topological polar surface area (TPSA) is 90.7 Å². The van der Waals surface area contributed by atoms with Gasteiger partial charge in [0.2, 0.25) is 10.0 Å². The summed E-state index contributed by atoms with van der Waals surface area (Å²) in [5.74, 6) is 0.284. The first kappa shape index (κ1) is 16.1. The Morgan fingerprint density at radius 2 is 2.19 bits per heavy atom. The maximum atomic E-state index is 12.5. The maximum Gasteiger partial charge on any atom is 0.244 e. The molecule has 0 aliphatic carbocycles. The SMILES string of the molecule is COc1cc(C)c(N)cc1S(=O)(=O)NCC1(C)CCCO1. The fourth-order valence-electron chi connectivity index (χ4n) is 2.35. The van der Waals surface area contributed by atoms with Gasteiger partial charge in [0.05, 0.1) is 12.7 Å². The van der Waals surface area contributed by atoms with Gasteiger partial charge in [-0.15, -0.1) is 0 Å². The summed E-state index contributed by atoms with van der Waals surface area (Å²) in [6.07, 6.45) is 1.78. The molecule has 1 aromatic carbocycles. The first-order valence-corrected chi connectivity index (χ1v) is 8.33. The fraction of sp³-hybridized carbons (Fsp3) is 0.571. The predicted octanol–water partition coefficient (Wildman–Crippen LogP) is 1.43. The van der Waals surface area contributed by atoms with Crippen LogP contribution in [0.2, 0.25) is 0 Å². The highest BCUT2D eigenvalue weighted by Gasteiger charge is 2.32. The summed E-state index contributed by atoms with van der Waals surface area (Å²) in [6, 6.07) is 3.05. The molecule has 0 bridgehead atoms. The van der Waals surface area contributed by atoms with Crippen LogP contribution < -0.4 is 15.2 Å². The van der Waals surface area contributed by atoms with Crippen LogP contribution in [0.1, 0.15) is 25.3 Å². The summed E-state index contributed by atoms with van der Waals surface area (Å²) >= 11 is 0. The number of nitrogens with two attached hydrogens (primary N) is 1. The van der Waals surface area contributed by atoms with Crippen molar-refractivity contribution in [2.45, 2.75) is 37.2 Å². The molecule has 1 saturated heterocycles. The molecule has 0 aromatic heterocycles. The smallest absolute Gasteiger partial charge is 0.244 e. The molecule has 21 heavy (non-hydrogen) atoms. The van der Waals surface area contributed by atoms with E-state index in [1.165, 1.54) is 13.2 Å². The van der Waals surface area contributed by atoms with Gasteiger partial charge in [-0.05, 0) is 44.4 Å². The number of benzene rings is 1. The Morgan fingerprint density at radius 1 is 1.48 bits per heavy atom. The quantitative estimate of drug-likeness (QED) is 0.802. The van der Waals surface area contributed by atoms with E-state index < -0.39 is 15.6 Å². The molecular formula is C14H22N2O4S. The van der Waals surface area contributed by atoms with Crippen LogP contribution in [0.5, 0.6) is 5.75 Å². The number of rotatable bonds is 5. The summed E-state index contributed by atoms with van der Waals surface area (Å²) in [5.41, 5.74) is 6.56. The van der Waals surface area contributed by atoms with Crippen molar-refractivity contribution in [1.29, 1.82) is 0 Å². The zero-order chi connectivity index (χ0) is 15.7. The molecule has 1 aliphatic heterocycles. The van der Waals surface area contributed by atoms with Gasteiger partial charge in [-0.3, -0.25) is 0 Å². The van der Waals surface area contributed by atoms with E-state index in [4.69, 9.17) is 15.2 Å². The second-order valence-electron chi connectivity index (χ2n) is 5.59. The lowest BCUT2D eigenvalue weighted by Crippen LogP contribution is -2.40. The molecule has 118 valence electrons. The molecular weight excluding hydrogens is 292 g/mol. The van der Waals surface area contributed by atoms with E-state index in [2.05, 4.69) is 4.72 Å². The van der Waals surface area contributed by atoms with Gasteiger partial charge < -0.3 is 15.2 Å². The molecule has 6 nitrogen and oxygen atoms in total. The van der Waals surface area contributed by atoms with Crippen LogP contribution >= 0.6 is 0 Å². The minimum atomic E-state index is -3.70. The third kappa shape index (κ3) is 3.48. The molecule has 1 unspecified atom stereocenters. The summed E-state index contributed by atoms with van der Waals surface area (Å²) in [4.78, 5) is 0.0506. The van der Waals surface area contributed by atoms with Crippen LogP contribution in [0.15, 0.2) is 17.0 Å². The average molecular weight is 314 g/mol. The monoisotopic (exact) mass is 314 g/mol. The lowest BCUT2D eigenvalue weighted by Gasteiger charge is -2.23. The van der Waals surface area contributed by atoms with E-state index in [1.807, 2.05) is 6.92 Å². The Hall–Kier alpha value is -1.31. The largest absolute Gasteiger partial charge is 0.495 e. The minimum Gasteiger partial charge on any atom is -0.495 e. The van der Waals surface area contributed by atoms with Gasteiger partial charge in [-0.25, -0.2) is 13.1 Å². The van der Waals surface area contributed by atoms with Crippen LogP contribution in [0, 0.1) is 6.92 Å². The number of sulfonamides is 1. The Labute approximate surface area is 125 Å². The number of hydrogen-bond acceptors (Lipinski definition) is 5. The van der Waals surface area contributed by atoms with Crippen molar-refractivity contribution in [3.63, 3.8) is 0 Å². The zero-order valence-corrected chi connectivity index (χ0v) is 13.4. The Balaban J connectivity index is 2.25. The number of ether oxygens (including phenoxy) is 2. The van der Waals surface area contributed by atoms with Gasteiger partial charge in [0.1, 0.15) is 10.6 Å². The lowest BCUT2D eigenvalue weighted by atomic mass is 10.0. The summed E-state index contributed by atoms with van der Waals surface area (Å²) < 4.78 is 38.3. The van der Waals surface area contributed by atoms with Crippen molar-refractivity contribution in [2.24, 2.45) is 0 Å². The number of anilines is 1. The van der Waals surface area contributed by atoms with Gasteiger partial charge in [0.15, 0.2) is 0 Å². The van der Waals surface area contributed by atoms with Crippen molar-refractivity contribution in [3.8, 4) is 5.75 Å². The fourth-order valence-corrected chi connectivity index (χ4v) is 3.69. The van der Waals surface area contributed by atoms with Crippen LogP contribution in [0.4, 0.5) is 5.69 Å². The molecule has 0 spiro atoms. The normalized spacial score (nSPS) is 22.4. The van der Waals surface area contributed by atoms with Crippen molar-refractivity contribution >= 4 is 15.7 Å². The highest BCUT2D eigenvalue weighted by Crippen LogP contribution is 2.30. The lowest BCUT2D eigenvalue weighted by molar-refractivity contribution is 0.0250. The van der Waals surface area contributed by atoms with Crippen LogP contribution in [-0.2, 0) is 14.8 Å². The number of aryl methyl sites for hydroxylation is 1. The molecule has 1 atom stereocenters. The van der Waals surface area contributed by atoms with Crippen LogP contribution in [0.3, 0.4) is 0 Å². The van der Waals surface area contributed by atoms with Crippen molar-refractivity contribution in [1.82, 2.24) is 4.72 Å². The second kappa shape index (κ2) is 5.82. The highest BCUT2D eigenvalue weighted by molar-refractivity contribution is 7.89. The molecule has 0 amide bonds. The molecule has 0 radical (unpaired) electrons. The second-order valence-corrected chi connectivity index (χ2v) is 7.32. The van der Waals surface area contributed by atoms with Crippen molar-refractivity contribution < 1.29 is 17.9 Å². The van der Waals surface area contributed by atoms with E-state index in [0.29, 0.717) is 12.3 Å². The molecule has 0 saturated carbocycles. The van der Waals surface area contributed by atoms with Crippen molar-refractivity contribution in [2.75, 3.05) is 26.0 Å². The maximum absolute atomic E-state index is 12.5. The number of methoxy groups -OCH3 is 1. The first-order valence-electron chi connectivity index (χ1n) is 6.85. The molecule has 1 fully saturated rings. The molecule has 3 N–H and O–H groups in total. The zero-order valence-electron chi connectivity index (χ0n) is 12.6. The molecule has 2 rings (SSSR count). The Bertz CT molecular complexity index is 622. The molecule has 7 heteroatoms. The predicted molar refractivity (Wildman–Crippen MR) is 80.9 cm³/mol. The minimum absolute atomic E-state index is 0.0506. The van der Waals surface area contributed by atoms with Crippen LogP contribution in [0.25, 0.3) is 0 Å².